The summed E-state index contributed by atoms with van der Waals surface area (Å²) in [5.74, 6) is 2.63. The van der Waals surface area contributed by atoms with Crippen LogP contribution in [0.15, 0.2) is 52.1 Å². The predicted octanol–water partition coefficient (Wildman–Crippen LogP) is 2.92. The fourth-order valence-electron chi connectivity index (χ4n) is 2.69. The number of furan rings is 1. The Morgan fingerprint density at radius 1 is 1.19 bits per heavy atom. The van der Waals surface area contributed by atoms with Gasteiger partial charge in [-0.3, -0.25) is 4.99 Å². The van der Waals surface area contributed by atoms with Crippen molar-refractivity contribution in [1.82, 2.24) is 15.5 Å². The molecule has 0 aliphatic rings. The summed E-state index contributed by atoms with van der Waals surface area (Å²) in [5.41, 5.74) is 1.15. The number of aliphatic imine (C=N–C) groups is 1. The van der Waals surface area contributed by atoms with E-state index in [1.165, 1.54) is 0 Å². The molecule has 1 aromatic carbocycles. The first-order chi connectivity index (χ1) is 12.2. The second kappa shape index (κ2) is 11.8. The molecule has 7 heteroatoms. The molecule has 144 valence electrons. The topological polar surface area (TPSA) is 62.0 Å². The highest BCUT2D eigenvalue weighted by atomic mass is 127. The van der Waals surface area contributed by atoms with Crippen LogP contribution in [0.4, 0.5) is 0 Å². The van der Waals surface area contributed by atoms with Gasteiger partial charge in [-0.15, -0.1) is 24.0 Å². The number of methoxy groups -OCH3 is 1. The lowest BCUT2D eigenvalue weighted by Gasteiger charge is -2.27. The van der Waals surface area contributed by atoms with Crippen LogP contribution >= 0.6 is 24.0 Å². The number of benzene rings is 1. The second-order valence-electron chi connectivity index (χ2n) is 5.93. The molecule has 1 heterocycles. The van der Waals surface area contributed by atoms with E-state index in [9.17, 15) is 0 Å². The third-order valence-electron chi connectivity index (χ3n) is 4.05. The molecule has 0 radical (unpaired) electrons. The highest BCUT2D eigenvalue weighted by Gasteiger charge is 2.18. The maximum absolute atomic E-state index is 5.51. The Kier molecular flexibility index (Phi) is 10.1. The molecule has 2 N–H and O–H groups in total. The molecule has 0 aliphatic carbocycles. The van der Waals surface area contributed by atoms with Gasteiger partial charge in [-0.05, 0) is 32.3 Å². The Hall–Kier alpha value is -1.74. The zero-order valence-corrected chi connectivity index (χ0v) is 18.2. The number of ether oxygens (including phenoxy) is 1. The number of hydrogen-bond donors (Lipinski definition) is 2. The van der Waals surface area contributed by atoms with Crippen molar-refractivity contribution in [3.05, 3.63) is 54.0 Å². The number of halogens is 1. The summed E-state index contributed by atoms with van der Waals surface area (Å²) < 4.78 is 10.8. The Bertz CT molecular complexity index is 659. The van der Waals surface area contributed by atoms with Crippen LogP contribution in [-0.2, 0) is 6.42 Å². The average Bonchev–Trinajstić information content (AvgIpc) is 3.14. The Labute approximate surface area is 173 Å². The van der Waals surface area contributed by atoms with Crippen LogP contribution in [0, 0.1) is 0 Å². The normalized spacial score (nSPS) is 12.4. The van der Waals surface area contributed by atoms with Gasteiger partial charge in [0.05, 0.1) is 19.4 Å². The lowest BCUT2D eigenvalue weighted by atomic mass is 10.0. The largest absolute Gasteiger partial charge is 0.496 e. The molecular formula is C19H29IN4O2. The smallest absolute Gasteiger partial charge is 0.191 e. The van der Waals surface area contributed by atoms with E-state index < -0.39 is 0 Å². The third kappa shape index (κ3) is 6.53. The van der Waals surface area contributed by atoms with E-state index in [1.54, 1.807) is 20.4 Å². The summed E-state index contributed by atoms with van der Waals surface area (Å²) in [7, 11) is 7.60. The number of guanidine groups is 1. The van der Waals surface area contributed by atoms with Crippen molar-refractivity contribution in [3.63, 3.8) is 0 Å². The van der Waals surface area contributed by atoms with Crippen molar-refractivity contribution in [2.24, 2.45) is 4.99 Å². The minimum Gasteiger partial charge on any atom is -0.496 e. The summed E-state index contributed by atoms with van der Waals surface area (Å²) in [6.45, 7) is 1.47. The molecule has 0 fully saturated rings. The van der Waals surface area contributed by atoms with Gasteiger partial charge in [0.15, 0.2) is 5.96 Å². The van der Waals surface area contributed by atoms with E-state index in [2.05, 4.69) is 40.7 Å². The number of hydrogen-bond acceptors (Lipinski definition) is 4. The molecule has 0 saturated carbocycles. The zero-order valence-electron chi connectivity index (χ0n) is 15.9. The van der Waals surface area contributed by atoms with Crippen molar-refractivity contribution in [2.75, 3.05) is 41.3 Å². The molecular weight excluding hydrogens is 443 g/mol. The van der Waals surface area contributed by atoms with Crippen molar-refractivity contribution in [3.8, 4) is 5.75 Å². The van der Waals surface area contributed by atoms with E-state index in [4.69, 9.17) is 9.15 Å². The van der Waals surface area contributed by atoms with Gasteiger partial charge in [0.2, 0.25) is 0 Å². The zero-order chi connectivity index (χ0) is 18.1. The number of nitrogens with one attached hydrogen (secondary N) is 2. The van der Waals surface area contributed by atoms with Gasteiger partial charge < -0.3 is 24.7 Å². The van der Waals surface area contributed by atoms with Gasteiger partial charge in [0.25, 0.3) is 0 Å². The quantitative estimate of drug-likeness (QED) is 0.352. The van der Waals surface area contributed by atoms with Crippen LogP contribution in [0.5, 0.6) is 5.75 Å². The van der Waals surface area contributed by atoms with Gasteiger partial charge in [0.1, 0.15) is 11.5 Å². The van der Waals surface area contributed by atoms with Gasteiger partial charge in [-0.25, -0.2) is 0 Å². The molecule has 0 spiro atoms. The molecule has 1 atom stereocenters. The highest BCUT2D eigenvalue weighted by Crippen LogP contribution is 2.27. The van der Waals surface area contributed by atoms with Crippen LogP contribution in [0.25, 0.3) is 0 Å². The number of rotatable bonds is 8. The van der Waals surface area contributed by atoms with Gasteiger partial charge in [0, 0.05) is 32.1 Å². The van der Waals surface area contributed by atoms with Crippen molar-refractivity contribution < 1.29 is 9.15 Å². The number of nitrogens with zero attached hydrogens (tertiary/aromatic N) is 2. The maximum Gasteiger partial charge on any atom is 0.191 e. The van der Waals surface area contributed by atoms with Gasteiger partial charge in [-0.1, -0.05) is 18.2 Å². The fraction of sp³-hybridized carbons (Fsp3) is 0.421. The second-order valence-corrected chi connectivity index (χ2v) is 5.93. The first kappa shape index (κ1) is 22.3. The molecule has 6 nitrogen and oxygen atoms in total. The molecule has 1 unspecified atom stereocenters. The number of para-hydroxylation sites is 1. The molecule has 2 aromatic rings. The van der Waals surface area contributed by atoms with E-state index in [1.807, 2.05) is 30.3 Å². The van der Waals surface area contributed by atoms with Crippen LogP contribution in [-0.4, -0.2) is 52.2 Å². The maximum atomic E-state index is 5.51. The molecule has 0 saturated heterocycles. The standard InChI is InChI=1S/C19H28N4O2.HI/c1-20-19(21-12-11-15-8-7-13-25-15)22-14-17(23(2)3)16-9-5-6-10-18(16)24-4;/h5-10,13,17H,11-12,14H2,1-4H3,(H2,20,21,22);1H. The summed E-state index contributed by atoms with van der Waals surface area (Å²) in [5, 5.41) is 6.70. The Morgan fingerprint density at radius 2 is 1.96 bits per heavy atom. The third-order valence-corrected chi connectivity index (χ3v) is 4.05. The van der Waals surface area contributed by atoms with Crippen molar-refractivity contribution >= 4 is 29.9 Å². The summed E-state index contributed by atoms with van der Waals surface area (Å²) >= 11 is 0. The Balaban J connectivity index is 0.00000338. The van der Waals surface area contributed by atoms with E-state index in [-0.39, 0.29) is 30.0 Å². The summed E-state index contributed by atoms with van der Waals surface area (Å²) in [6, 6.07) is 12.1. The first-order valence-electron chi connectivity index (χ1n) is 8.42. The average molecular weight is 472 g/mol. The lowest BCUT2D eigenvalue weighted by molar-refractivity contribution is 0.287. The first-order valence-corrected chi connectivity index (χ1v) is 8.42. The van der Waals surface area contributed by atoms with Crippen LogP contribution in [0.1, 0.15) is 17.4 Å². The molecule has 1 aromatic heterocycles. The van der Waals surface area contributed by atoms with Crippen LogP contribution < -0.4 is 15.4 Å². The van der Waals surface area contributed by atoms with Gasteiger partial charge in [-0.2, -0.15) is 0 Å². The fourth-order valence-corrected chi connectivity index (χ4v) is 2.69. The predicted molar refractivity (Wildman–Crippen MR) is 117 cm³/mol. The monoisotopic (exact) mass is 472 g/mol. The van der Waals surface area contributed by atoms with Crippen molar-refractivity contribution in [2.45, 2.75) is 12.5 Å². The van der Waals surface area contributed by atoms with Crippen molar-refractivity contribution in [1.29, 1.82) is 0 Å². The molecule has 26 heavy (non-hydrogen) atoms. The molecule has 2 rings (SSSR count). The lowest BCUT2D eigenvalue weighted by Crippen LogP contribution is -2.42. The minimum atomic E-state index is 0. The highest BCUT2D eigenvalue weighted by molar-refractivity contribution is 14.0. The minimum absolute atomic E-state index is 0. The molecule has 0 bridgehead atoms. The SMILES string of the molecule is CN=C(NCCc1ccco1)NCC(c1ccccc1OC)N(C)C.I. The van der Waals surface area contributed by atoms with E-state index >= 15 is 0 Å². The van der Waals surface area contributed by atoms with E-state index in [0.717, 1.165) is 36.0 Å². The molecule has 0 aliphatic heterocycles. The van der Waals surface area contributed by atoms with Gasteiger partial charge >= 0.3 is 0 Å². The summed E-state index contributed by atoms with van der Waals surface area (Å²) in [4.78, 5) is 6.46. The summed E-state index contributed by atoms with van der Waals surface area (Å²) in [6.07, 6.45) is 2.51. The van der Waals surface area contributed by atoms with Crippen LogP contribution in [0.2, 0.25) is 0 Å². The van der Waals surface area contributed by atoms with E-state index in [0.29, 0.717) is 6.54 Å². The molecule has 0 amide bonds. The Morgan fingerprint density at radius 3 is 2.58 bits per heavy atom. The van der Waals surface area contributed by atoms with Crippen LogP contribution in [0.3, 0.4) is 0 Å². The number of likely N-dealkylation sites (N-methyl/N-ethyl adjacent to an activating group) is 1.